The molecular weight excluding hydrogens is 198 g/mol. The van der Waals surface area contributed by atoms with Gasteiger partial charge in [0.15, 0.2) is 5.15 Å². The van der Waals surface area contributed by atoms with Crippen LogP contribution in [0.3, 0.4) is 0 Å². The predicted octanol–water partition coefficient (Wildman–Crippen LogP) is 2.32. The van der Waals surface area contributed by atoms with Crippen LogP contribution in [0.15, 0.2) is 0 Å². The molecule has 1 rings (SSSR count). The fourth-order valence-electron chi connectivity index (χ4n) is 1.29. The molecule has 0 aliphatic carbocycles. The maximum Gasteiger partial charge on any atom is 0.150 e. The average Bonchev–Trinajstić information content (AvgIpc) is 2.16. The second-order valence-corrected chi connectivity index (χ2v) is 3.69. The highest BCUT2D eigenvalue weighted by Gasteiger charge is 2.11. The third-order valence-corrected chi connectivity index (χ3v) is 2.37. The van der Waals surface area contributed by atoms with Crippen LogP contribution in [0.4, 0.5) is 5.82 Å². The van der Waals surface area contributed by atoms with Crippen LogP contribution in [0.2, 0.25) is 5.15 Å². The summed E-state index contributed by atoms with van der Waals surface area (Å²) in [6.45, 7) is 4.08. The van der Waals surface area contributed by atoms with E-state index in [9.17, 15) is 0 Å². The van der Waals surface area contributed by atoms with Gasteiger partial charge in [-0.2, -0.15) is 0 Å². The third kappa shape index (κ3) is 2.15. The normalized spacial score (nSPS) is 10.4. The molecule has 0 saturated heterocycles. The van der Waals surface area contributed by atoms with Crippen molar-refractivity contribution in [2.75, 3.05) is 19.0 Å². The summed E-state index contributed by atoms with van der Waals surface area (Å²) in [5.41, 5.74) is 1.82. The number of anilines is 1. The first-order chi connectivity index (χ1) is 6.60. The maximum absolute atomic E-state index is 5.99. The van der Waals surface area contributed by atoms with E-state index in [1.807, 2.05) is 25.9 Å². The summed E-state index contributed by atoms with van der Waals surface area (Å²) in [6, 6.07) is 0. The first-order valence-corrected chi connectivity index (χ1v) is 5.20. The summed E-state index contributed by atoms with van der Waals surface area (Å²) in [5, 5.41) is 0.537. The second-order valence-electron chi connectivity index (χ2n) is 3.33. The molecule has 1 aromatic heterocycles. The quantitative estimate of drug-likeness (QED) is 0.772. The second kappa shape index (κ2) is 4.60. The lowest BCUT2D eigenvalue weighted by Crippen LogP contribution is -2.15. The Morgan fingerprint density at radius 3 is 2.07 bits per heavy atom. The minimum atomic E-state index is 0.537. The molecule has 0 fully saturated rings. The lowest BCUT2D eigenvalue weighted by Gasteiger charge is -2.16. The molecule has 0 amide bonds. The zero-order chi connectivity index (χ0) is 10.7. The van der Waals surface area contributed by atoms with Crippen molar-refractivity contribution in [2.24, 2.45) is 0 Å². The summed E-state index contributed by atoms with van der Waals surface area (Å²) in [4.78, 5) is 10.8. The number of hydrogen-bond donors (Lipinski definition) is 0. The Morgan fingerprint density at radius 1 is 1.07 bits per heavy atom. The van der Waals surface area contributed by atoms with Gasteiger partial charge in [-0.05, 0) is 12.8 Å². The molecule has 1 aromatic rings. The summed E-state index contributed by atoms with van der Waals surface area (Å²) >= 11 is 5.99. The Hall–Kier alpha value is -0.830. The molecular formula is C10H16ClN3. The van der Waals surface area contributed by atoms with Gasteiger partial charge in [-0.15, -0.1) is 0 Å². The van der Waals surface area contributed by atoms with Crippen molar-refractivity contribution in [1.29, 1.82) is 0 Å². The predicted molar refractivity (Wildman–Crippen MR) is 60.1 cm³/mol. The van der Waals surface area contributed by atoms with Crippen molar-refractivity contribution >= 4 is 17.4 Å². The third-order valence-electron chi connectivity index (χ3n) is 2.06. The average molecular weight is 214 g/mol. The monoisotopic (exact) mass is 213 g/mol. The zero-order valence-electron chi connectivity index (χ0n) is 9.13. The molecule has 0 N–H and O–H groups in total. The van der Waals surface area contributed by atoms with Crippen LogP contribution in [0, 0.1) is 0 Å². The van der Waals surface area contributed by atoms with Crippen LogP contribution in [-0.4, -0.2) is 24.1 Å². The van der Waals surface area contributed by atoms with Gasteiger partial charge in [0.25, 0.3) is 0 Å². The minimum absolute atomic E-state index is 0.537. The van der Waals surface area contributed by atoms with Gasteiger partial charge in [-0.3, -0.25) is 0 Å². The van der Waals surface area contributed by atoms with Crippen LogP contribution < -0.4 is 4.90 Å². The van der Waals surface area contributed by atoms with Crippen molar-refractivity contribution < 1.29 is 0 Å². The highest BCUT2D eigenvalue weighted by atomic mass is 35.5. The lowest BCUT2D eigenvalue weighted by atomic mass is 10.3. The molecule has 1 heterocycles. The fraction of sp³-hybridized carbons (Fsp3) is 0.600. The summed E-state index contributed by atoms with van der Waals surface area (Å²) in [5.74, 6) is 0.925. The smallest absolute Gasteiger partial charge is 0.150 e. The zero-order valence-corrected chi connectivity index (χ0v) is 9.89. The Bertz CT molecular complexity index is 323. The number of aryl methyl sites for hydroxylation is 2. The van der Waals surface area contributed by atoms with Crippen LogP contribution in [0.25, 0.3) is 0 Å². The van der Waals surface area contributed by atoms with Crippen molar-refractivity contribution in [1.82, 2.24) is 9.97 Å². The van der Waals surface area contributed by atoms with Crippen molar-refractivity contribution in [3.63, 3.8) is 0 Å². The van der Waals surface area contributed by atoms with E-state index in [0.29, 0.717) is 5.15 Å². The molecule has 0 aliphatic heterocycles. The van der Waals surface area contributed by atoms with Crippen LogP contribution in [0.5, 0.6) is 0 Å². The van der Waals surface area contributed by atoms with Crippen LogP contribution in [-0.2, 0) is 12.8 Å². The molecule has 0 radical (unpaired) electrons. The highest BCUT2D eigenvalue weighted by molar-refractivity contribution is 6.30. The van der Waals surface area contributed by atoms with E-state index in [-0.39, 0.29) is 0 Å². The van der Waals surface area contributed by atoms with Gasteiger partial charge in [0.2, 0.25) is 0 Å². The van der Waals surface area contributed by atoms with E-state index in [0.717, 1.165) is 30.0 Å². The largest absolute Gasteiger partial charge is 0.361 e. The van der Waals surface area contributed by atoms with Crippen LogP contribution in [0.1, 0.15) is 25.2 Å². The van der Waals surface area contributed by atoms with E-state index in [1.54, 1.807) is 0 Å². The molecule has 0 bridgehead atoms. The molecule has 0 atom stereocenters. The van der Waals surface area contributed by atoms with Gasteiger partial charge in [0.05, 0.1) is 11.4 Å². The Kier molecular flexibility index (Phi) is 3.69. The standard InChI is InChI=1S/C10H16ClN3/c1-5-7-9(11)12-8(6-2)10(13-7)14(3)4/h5-6H2,1-4H3. The molecule has 14 heavy (non-hydrogen) atoms. The fourth-order valence-corrected chi connectivity index (χ4v) is 1.57. The highest BCUT2D eigenvalue weighted by Crippen LogP contribution is 2.20. The summed E-state index contributed by atoms with van der Waals surface area (Å²) < 4.78 is 0. The molecule has 0 spiro atoms. The maximum atomic E-state index is 5.99. The van der Waals surface area contributed by atoms with Crippen molar-refractivity contribution in [3.05, 3.63) is 16.5 Å². The molecule has 3 nitrogen and oxygen atoms in total. The molecule has 0 unspecified atom stereocenters. The van der Waals surface area contributed by atoms with E-state index in [2.05, 4.69) is 16.9 Å². The molecule has 0 saturated carbocycles. The van der Waals surface area contributed by atoms with Crippen molar-refractivity contribution in [2.45, 2.75) is 26.7 Å². The first kappa shape index (κ1) is 11.2. The Balaban J connectivity index is 3.25. The topological polar surface area (TPSA) is 29.0 Å². The number of hydrogen-bond acceptors (Lipinski definition) is 3. The molecule has 0 aromatic carbocycles. The lowest BCUT2D eigenvalue weighted by molar-refractivity contribution is 0.902. The Morgan fingerprint density at radius 2 is 1.64 bits per heavy atom. The molecule has 78 valence electrons. The van der Waals surface area contributed by atoms with Gasteiger partial charge in [0, 0.05) is 14.1 Å². The SMILES string of the molecule is CCc1nc(N(C)C)c(CC)nc1Cl. The van der Waals surface area contributed by atoms with Gasteiger partial charge in [-0.1, -0.05) is 25.4 Å². The number of aromatic nitrogens is 2. The first-order valence-electron chi connectivity index (χ1n) is 4.82. The Labute approximate surface area is 90.1 Å². The van der Waals surface area contributed by atoms with Crippen molar-refractivity contribution in [3.8, 4) is 0 Å². The summed E-state index contributed by atoms with van der Waals surface area (Å²) in [7, 11) is 3.94. The van der Waals surface area contributed by atoms with Gasteiger partial charge in [-0.25, -0.2) is 9.97 Å². The number of rotatable bonds is 3. The van der Waals surface area contributed by atoms with Gasteiger partial charge < -0.3 is 4.90 Å². The molecule has 0 aliphatic rings. The van der Waals surface area contributed by atoms with E-state index < -0.39 is 0 Å². The van der Waals surface area contributed by atoms with Crippen LogP contribution >= 0.6 is 11.6 Å². The number of halogens is 1. The van der Waals surface area contributed by atoms with E-state index in [1.165, 1.54) is 0 Å². The minimum Gasteiger partial charge on any atom is -0.361 e. The van der Waals surface area contributed by atoms with Gasteiger partial charge >= 0.3 is 0 Å². The molecule has 4 heteroatoms. The van der Waals surface area contributed by atoms with E-state index >= 15 is 0 Å². The number of nitrogens with zero attached hydrogens (tertiary/aromatic N) is 3. The van der Waals surface area contributed by atoms with Gasteiger partial charge in [0.1, 0.15) is 5.82 Å². The summed E-state index contributed by atoms with van der Waals surface area (Å²) in [6.07, 6.45) is 1.67. The van der Waals surface area contributed by atoms with E-state index in [4.69, 9.17) is 11.6 Å².